The van der Waals surface area contributed by atoms with Crippen LogP contribution >= 0.6 is 0 Å². The molecule has 2 heterocycles. The number of piperidine rings is 1. The molecule has 1 aliphatic heterocycles. The Morgan fingerprint density at radius 3 is 2.63 bits per heavy atom. The lowest BCUT2D eigenvalue weighted by Crippen LogP contribution is -2.38. The number of hydrogen-bond donors (Lipinski definition) is 1. The highest BCUT2D eigenvalue weighted by atomic mass is 19.4. The second kappa shape index (κ2) is 8.29. The lowest BCUT2D eigenvalue weighted by molar-refractivity contribution is -0.138. The van der Waals surface area contributed by atoms with Crippen molar-refractivity contribution in [1.82, 2.24) is 9.88 Å². The van der Waals surface area contributed by atoms with Crippen molar-refractivity contribution in [3.63, 3.8) is 0 Å². The third kappa shape index (κ3) is 5.00. The molecular weight excluding hydrogens is 361 g/mol. The van der Waals surface area contributed by atoms with Crippen molar-refractivity contribution in [2.24, 2.45) is 5.92 Å². The van der Waals surface area contributed by atoms with E-state index in [0.717, 1.165) is 19.0 Å². The van der Waals surface area contributed by atoms with Gasteiger partial charge in [-0.2, -0.15) is 13.2 Å². The molecule has 1 amide bonds. The zero-order valence-electron chi connectivity index (χ0n) is 14.9. The maximum Gasteiger partial charge on any atom is 0.418 e. The van der Waals surface area contributed by atoms with Gasteiger partial charge in [-0.15, -0.1) is 0 Å². The van der Waals surface area contributed by atoms with Crippen molar-refractivity contribution in [1.29, 1.82) is 0 Å². The van der Waals surface area contributed by atoms with Gasteiger partial charge in [-0.1, -0.05) is 6.08 Å². The summed E-state index contributed by atoms with van der Waals surface area (Å²) in [6.45, 7) is 1.63. The quantitative estimate of drug-likeness (QED) is 0.834. The fourth-order valence-electron chi connectivity index (χ4n) is 3.67. The summed E-state index contributed by atoms with van der Waals surface area (Å²) >= 11 is 0. The average molecular weight is 384 g/mol. The van der Waals surface area contributed by atoms with Crippen molar-refractivity contribution in [2.45, 2.75) is 44.4 Å². The summed E-state index contributed by atoms with van der Waals surface area (Å²) in [6, 6.07) is 1.42. The molecule has 1 aromatic heterocycles. The number of nitrogens with zero attached hydrogens (tertiary/aromatic N) is 2. The van der Waals surface area contributed by atoms with E-state index in [1.54, 1.807) is 0 Å². The van der Waals surface area contributed by atoms with Crippen LogP contribution in [-0.2, 0) is 10.9 Å². The van der Waals surface area contributed by atoms with Gasteiger partial charge in [-0.3, -0.25) is 4.98 Å². The van der Waals surface area contributed by atoms with Crippen molar-refractivity contribution < 1.29 is 27.8 Å². The molecule has 1 aromatic rings. The summed E-state index contributed by atoms with van der Waals surface area (Å²) in [5, 5.41) is 8.96. The molecule has 0 radical (unpaired) electrons. The Bertz CT molecular complexity index is 698. The standard InChI is InChI=1S/C19H23F3N2O3/c20-19(21,22)17-11-23-8-5-16(17)14-1-3-15(4-2-14)27-12-13-6-9-24(10-7-13)18(25)26/h1,5,8,11,13,15H,2-4,6-7,9-10,12H2,(H,25,26). The molecule has 0 spiro atoms. The predicted octanol–water partition coefficient (Wildman–Crippen LogP) is 4.44. The van der Waals surface area contributed by atoms with Crippen molar-refractivity contribution >= 4 is 11.7 Å². The van der Waals surface area contributed by atoms with E-state index < -0.39 is 17.8 Å². The number of ether oxygens (including phenoxy) is 1. The number of pyridine rings is 1. The monoisotopic (exact) mass is 384 g/mol. The van der Waals surface area contributed by atoms with Crippen LogP contribution in [0.15, 0.2) is 24.5 Å². The van der Waals surface area contributed by atoms with Gasteiger partial charge in [0, 0.05) is 32.1 Å². The molecule has 0 aromatic carbocycles. The Hall–Kier alpha value is -2.09. The molecule has 8 heteroatoms. The third-order valence-corrected chi connectivity index (χ3v) is 5.29. The van der Waals surface area contributed by atoms with Gasteiger partial charge >= 0.3 is 12.3 Å². The summed E-state index contributed by atoms with van der Waals surface area (Å²) in [4.78, 5) is 15.9. The first kappa shape index (κ1) is 19.7. The van der Waals surface area contributed by atoms with Gasteiger partial charge < -0.3 is 14.7 Å². The Morgan fingerprint density at radius 1 is 1.30 bits per heavy atom. The van der Waals surface area contributed by atoms with Crippen LogP contribution in [0.25, 0.3) is 5.57 Å². The van der Waals surface area contributed by atoms with E-state index in [1.807, 2.05) is 6.08 Å². The average Bonchev–Trinajstić information content (AvgIpc) is 2.66. The zero-order chi connectivity index (χ0) is 19.4. The van der Waals surface area contributed by atoms with Crippen LogP contribution in [-0.4, -0.2) is 46.9 Å². The van der Waals surface area contributed by atoms with E-state index in [2.05, 4.69) is 4.98 Å². The highest BCUT2D eigenvalue weighted by molar-refractivity contribution is 5.69. The van der Waals surface area contributed by atoms with Crippen LogP contribution in [0.5, 0.6) is 0 Å². The Balaban J connectivity index is 1.52. The smallest absolute Gasteiger partial charge is 0.418 e. The lowest BCUT2D eigenvalue weighted by Gasteiger charge is -2.31. The number of amides is 1. The number of carboxylic acid groups (broad SMARTS) is 1. The highest BCUT2D eigenvalue weighted by Gasteiger charge is 2.35. The van der Waals surface area contributed by atoms with Gasteiger partial charge in [-0.05, 0) is 55.2 Å². The number of alkyl halides is 3. The van der Waals surface area contributed by atoms with Crippen LogP contribution in [0.2, 0.25) is 0 Å². The minimum absolute atomic E-state index is 0.00225. The zero-order valence-corrected chi connectivity index (χ0v) is 14.9. The van der Waals surface area contributed by atoms with Crippen molar-refractivity contribution in [3.8, 4) is 0 Å². The number of rotatable bonds is 4. The van der Waals surface area contributed by atoms with Gasteiger partial charge in [0.2, 0.25) is 0 Å². The fraction of sp³-hybridized carbons (Fsp3) is 0.579. The number of allylic oxidation sites excluding steroid dienone is 1. The van der Waals surface area contributed by atoms with E-state index in [4.69, 9.17) is 9.84 Å². The second-order valence-electron chi connectivity index (χ2n) is 7.09. The molecule has 2 aliphatic rings. The first-order valence-corrected chi connectivity index (χ1v) is 9.14. The largest absolute Gasteiger partial charge is 0.465 e. The van der Waals surface area contributed by atoms with E-state index in [0.29, 0.717) is 50.4 Å². The molecule has 0 bridgehead atoms. The van der Waals surface area contributed by atoms with E-state index in [1.165, 1.54) is 17.2 Å². The second-order valence-corrected chi connectivity index (χ2v) is 7.09. The Labute approximate surface area is 155 Å². The van der Waals surface area contributed by atoms with Gasteiger partial charge in [0.1, 0.15) is 0 Å². The molecule has 1 fully saturated rings. The highest BCUT2D eigenvalue weighted by Crippen LogP contribution is 2.37. The molecule has 1 atom stereocenters. The molecular formula is C19H23F3N2O3. The maximum absolute atomic E-state index is 13.2. The number of hydrogen-bond acceptors (Lipinski definition) is 3. The van der Waals surface area contributed by atoms with Crippen LogP contribution < -0.4 is 0 Å². The Kier molecular flexibility index (Phi) is 6.04. The van der Waals surface area contributed by atoms with Gasteiger partial charge in [0.15, 0.2) is 0 Å². The van der Waals surface area contributed by atoms with Crippen LogP contribution in [0.1, 0.15) is 43.2 Å². The Morgan fingerprint density at radius 2 is 2.04 bits per heavy atom. The minimum atomic E-state index is -4.41. The van der Waals surface area contributed by atoms with Gasteiger partial charge in [-0.25, -0.2) is 4.79 Å². The summed E-state index contributed by atoms with van der Waals surface area (Å²) < 4.78 is 45.4. The summed E-state index contributed by atoms with van der Waals surface area (Å²) in [7, 11) is 0. The molecule has 1 aliphatic carbocycles. The molecule has 0 saturated carbocycles. The van der Waals surface area contributed by atoms with Crippen LogP contribution in [0.3, 0.4) is 0 Å². The summed E-state index contributed by atoms with van der Waals surface area (Å²) in [5.74, 6) is 0.336. The topological polar surface area (TPSA) is 62.7 Å². The first-order chi connectivity index (χ1) is 12.8. The number of halogens is 3. The maximum atomic E-state index is 13.2. The van der Waals surface area contributed by atoms with Crippen molar-refractivity contribution in [2.75, 3.05) is 19.7 Å². The summed E-state index contributed by atoms with van der Waals surface area (Å²) in [5.41, 5.74) is 0.206. The molecule has 5 nitrogen and oxygen atoms in total. The van der Waals surface area contributed by atoms with E-state index in [-0.39, 0.29) is 11.7 Å². The van der Waals surface area contributed by atoms with Crippen molar-refractivity contribution in [3.05, 3.63) is 35.7 Å². The SMILES string of the molecule is O=C(O)N1CCC(COC2CC=C(c3ccncc3C(F)(F)F)CC2)CC1. The molecule has 3 rings (SSSR count). The van der Waals surface area contributed by atoms with Crippen LogP contribution in [0, 0.1) is 5.92 Å². The third-order valence-electron chi connectivity index (χ3n) is 5.29. The molecule has 1 unspecified atom stereocenters. The molecule has 27 heavy (non-hydrogen) atoms. The molecule has 148 valence electrons. The normalized spacial score (nSPS) is 21.8. The number of carbonyl (C=O) groups is 1. The van der Waals surface area contributed by atoms with E-state index >= 15 is 0 Å². The number of likely N-dealkylation sites (tertiary alicyclic amines) is 1. The van der Waals surface area contributed by atoms with E-state index in [9.17, 15) is 18.0 Å². The first-order valence-electron chi connectivity index (χ1n) is 9.14. The minimum Gasteiger partial charge on any atom is -0.465 e. The van der Waals surface area contributed by atoms with Crippen LogP contribution in [0.4, 0.5) is 18.0 Å². The predicted molar refractivity (Wildman–Crippen MR) is 93.1 cm³/mol. The lowest BCUT2D eigenvalue weighted by atomic mass is 9.90. The van der Waals surface area contributed by atoms with Gasteiger partial charge in [0.05, 0.1) is 11.7 Å². The fourth-order valence-corrected chi connectivity index (χ4v) is 3.67. The van der Waals surface area contributed by atoms with Gasteiger partial charge in [0.25, 0.3) is 0 Å². The molecule has 1 N–H and O–H groups in total. The summed E-state index contributed by atoms with van der Waals surface area (Å²) in [6.07, 6.45) is 2.18. The molecule has 1 saturated heterocycles. The number of aromatic nitrogens is 1.